The van der Waals surface area contributed by atoms with Gasteiger partial charge in [-0.25, -0.2) is 4.98 Å². The maximum absolute atomic E-state index is 5.81. The second-order valence-electron chi connectivity index (χ2n) is 3.53. The SMILES string of the molecule is CSc1nc(N)cc(OCc2ccc(Cl)cc2)n1. The third kappa shape index (κ3) is 3.51. The van der Waals surface area contributed by atoms with Crippen LogP contribution in [0, 0.1) is 0 Å². The average Bonchev–Trinajstić information content (AvgIpc) is 2.37. The van der Waals surface area contributed by atoms with Crippen molar-refractivity contribution in [1.29, 1.82) is 0 Å². The van der Waals surface area contributed by atoms with Gasteiger partial charge in [0, 0.05) is 11.1 Å². The summed E-state index contributed by atoms with van der Waals surface area (Å²) in [5, 5.41) is 1.30. The third-order valence-electron chi connectivity index (χ3n) is 2.18. The molecule has 0 aliphatic heterocycles. The van der Waals surface area contributed by atoms with Crippen molar-refractivity contribution in [3.63, 3.8) is 0 Å². The molecule has 94 valence electrons. The summed E-state index contributed by atoms with van der Waals surface area (Å²) in [6.07, 6.45) is 1.89. The Hall–Kier alpha value is -1.46. The van der Waals surface area contributed by atoms with Gasteiger partial charge in [0.15, 0.2) is 5.16 Å². The number of rotatable bonds is 4. The smallest absolute Gasteiger partial charge is 0.219 e. The highest BCUT2D eigenvalue weighted by molar-refractivity contribution is 7.98. The van der Waals surface area contributed by atoms with Crippen LogP contribution in [0.3, 0.4) is 0 Å². The lowest BCUT2D eigenvalue weighted by molar-refractivity contribution is 0.291. The Labute approximate surface area is 115 Å². The topological polar surface area (TPSA) is 61.0 Å². The third-order valence-corrected chi connectivity index (χ3v) is 2.98. The monoisotopic (exact) mass is 281 g/mol. The first-order valence-corrected chi connectivity index (χ1v) is 6.83. The first-order valence-electron chi connectivity index (χ1n) is 5.23. The predicted octanol–water partition coefficient (Wildman–Crippen LogP) is 3.01. The lowest BCUT2D eigenvalue weighted by Crippen LogP contribution is -2.01. The van der Waals surface area contributed by atoms with Gasteiger partial charge in [-0.05, 0) is 24.0 Å². The molecule has 1 aromatic carbocycles. The molecule has 0 aliphatic carbocycles. The van der Waals surface area contributed by atoms with E-state index >= 15 is 0 Å². The first kappa shape index (κ1) is 13.0. The van der Waals surface area contributed by atoms with Crippen LogP contribution in [0.1, 0.15) is 5.56 Å². The normalized spacial score (nSPS) is 10.3. The number of benzene rings is 1. The molecule has 4 nitrogen and oxygen atoms in total. The summed E-state index contributed by atoms with van der Waals surface area (Å²) in [5.74, 6) is 0.877. The van der Waals surface area contributed by atoms with Crippen molar-refractivity contribution in [3.05, 3.63) is 40.9 Å². The van der Waals surface area contributed by atoms with E-state index in [0.29, 0.717) is 28.5 Å². The number of hydrogen-bond donors (Lipinski definition) is 1. The van der Waals surface area contributed by atoms with Crippen LogP contribution in [0.5, 0.6) is 5.88 Å². The molecule has 0 radical (unpaired) electrons. The van der Waals surface area contributed by atoms with Crippen molar-refractivity contribution in [1.82, 2.24) is 9.97 Å². The summed E-state index contributed by atoms with van der Waals surface area (Å²) in [6, 6.07) is 9.06. The van der Waals surface area contributed by atoms with Gasteiger partial charge >= 0.3 is 0 Å². The summed E-state index contributed by atoms with van der Waals surface area (Å²) in [7, 11) is 0. The summed E-state index contributed by atoms with van der Waals surface area (Å²) in [5.41, 5.74) is 6.68. The fraction of sp³-hybridized carbons (Fsp3) is 0.167. The van der Waals surface area contributed by atoms with Crippen molar-refractivity contribution in [2.45, 2.75) is 11.8 Å². The molecule has 0 saturated heterocycles. The van der Waals surface area contributed by atoms with Crippen LogP contribution in [0.4, 0.5) is 5.82 Å². The largest absolute Gasteiger partial charge is 0.473 e. The quantitative estimate of drug-likeness (QED) is 0.689. The molecule has 1 heterocycles. The van der Waals surface area contributed by atoms with E-state index in [2.05, 4.69) is 9.97 Å². The molecule has 0 fully saturated rings. The number of nitrogens with two attached hydrogens (primary N) is 1. The highest BCUT2D eigenvalue weighted by Crippen LogP contribution is 2.18. The van der Waals surface area contributed by atoms with Gasteiger partial charge in [0.25, 0.3) is 0 Å². The summed E-state index contributed by atoms with van der Waals surface area (Å²) in [6.45, 7) is 0.418. The average molecular weight is 282 g/mol. The maximum atomic E-state index is 5.81. The van der Waals surface area contributed by atoms with Gasteiger partial charge in [-0.1, -0.05) is 35.5 Å². The molecule has 0 aliphatic rings. The molecule has 0 unspecified atom stereocenters. The standard InChI is InChI=1S/C12H12ClN3OS/c1-18-12-15-10(14)6-11(16-12)17-7-8-2-4-9(13)5-3-8/h2-6H,7H2,1H3,(H2,14,15,16). The van der Waals surface area contributed by atoms with Crippen LogP contribution in [0.2, 0.25) is 5.02 Å². The molecule has 18 heavy (non-hydrogen) atoms. The van der Waals surface area contributed by atoms with E-state index in [0.717, 1.165) is 5.56 Å². The molecule has 1 aromatic heterocycles. The minimum absolute atomic E-state index is 0.403. The van der Waals surface area contributed by atoms with E-state index in [-0.39, 0.29) is 0 Å². The fourth-order valence-corrected chi connectivity index (χ4v) is 1.83. The van der Waals surface area contributed by atoms with Crippen molar-refractivity contribution in [2.75, 3.05) is 12.0 Å². The molecule has 0 bridgehead atoms. The Morgan fingerprint density at radius 3 is 2.67 bits per heavy atom. The first-order chi connectivity index (χ1) is 8.67. The van der Waals surface area contributed by atoms with E-state index in [1.165, 1.54) is 11.8 Å². The molecule has 0 atom stereocenters. The summed E-state index contributed by atoms with van der Waals surface area (Å²) < 4.78 is 5.57. The Morgan fingerprint density at radius 1 is 1.28 bits per heavy atom. The van der Waals surface area contributed by atoms with Crippen LogP contribution in [-0.4, -0.2) is 16.2 Å². The van der Waals surface area contributed by atoms with E-state index < -0.39 is 0 Å². The Bertz CT molecular complexity index is 533. The van der Waals surface area contributed by atoms with Gasteiger partial charge in [-0.2, -0.15) is 4.98 Å². The van der Waals surface area contributed by atoms with Crippen LogP contribution < -0.4 is 10.5 Å². The summed E-state index contributed by atoms with van der Waals surface area (Å²) in [4.78, 5) is 8.26. The highest BCUT2D eigenvalue weighted by Gasteiger charge is 2.03. The van der Waals surface area contributed by atoms with Gasteiger partial charge in [0.05, 0.1) is 0 Å². The highest BCUT2D eigenvalue weighted by atomic mass is 35.5. The lowest BCUT2D eigenvalue weighted by atomic mass is 10.2. The van der Waals surface area contributed by atoms with Crippen molar-refractivity contribution in [2.24, 2.45) is 0 Å². The number of nitrogens with zero attached hydrogens (tertiary/aromatic N) is 2. The number of hydrogen-bond acceptors (Lipinski definition) is 5. The molecular weight excluding hydrogens is 270 g/mol. The Morgan fingerprint density at radius 2 is 2.00 bits per heavy atom. The number of thioether (sulfide) groups is 1. The van der Waals surface area contributed by atoms with Gasteiger partial charge in [0.2, 0.25) is 5.88 Å². The van der Waals surface area contributed by atoms with Gasteiger partial charge < -0.3 is 10.5 Å². The Kier molecular flexibility index (Phi) is 4.28. The number of ether oxygens (including phenoxy) is 1. The van der Waals surface area contributed by atoms with Crippen molar-refractivity contribution < 1.29 is 4.74 Å². The predicted molar refractivity (Wildman–Crippen MR) is 74.0 cm³/mol. The zero-order valence-corrected chi connectivity index (χ0v) is 11.3. The zero-order valence-electron chi connectivity index (χ0n) is 9.76. The summed E-state index contributed by atoms with van der Waals surface area (Å²) >= 11 is 7.23. The zero-order chi connectivity index (χ0) is 13.0. The minimum Gasteiger partial charge on any atom is -0.473 e. The number of anilines is 1. The molecule has 2 N–H and O–H groups in total. The van der Waals surface area contributed by atoms with Gasteiger partial charge in [-0.15, -0.1) is 0 Å². The van der Waals surface area contributed by atoms with Crippen molar-refractivity contribution in [3.8, 4) is 5.88 Å². The van der Waals surface area contributed by atoms with E-state index in [4.69, 9.17) is 22.1 Å². The number of aromatic nitrogens is 2. The molecule has 2 aromatic rings. The molecule has 0 amide bonds. The van der Waals surface area contributed by atoms with E-state index in [9.17, 15) is 0 Å². The fourth-order valence-electron chi connectivity index (χ4n) is 1.32. The van der Waals surface area contributed by atoms with Crippen molar-refractivity contribution >= 4 is 29.2 Å². The van der Waals surface area contributed by atoms with Crippen LogP contribution in [0.15, 0.2) is 35.5 Å². The van der Waals surface area contributed by atoms with Gasteiger partial charge in [0.1, 0.15) is 12.4 Å². The lowest BCUT2D eigenvalue weighted by Gasteiger charge is -2.07. The molecular formula is C12H12ClN3OS. The van der Waals surface area contributed by atoms with Crippen LogP contribution in [0.25, 0.3) is 0 Å². The maximum Gasteiger partial charge on any atom is 0.219 e. The Balaban J connectivity index is 2.05. The number of nitrogen functional groups attached to an aromatic ring is 1. The molecule has 2 rings (SSSR count). The van der Waals surface area contributed by atoms with E-state index in [1.54, 1.807) is 6.07 Å². The minimum atomic E-state index is 0.403. The molecule has 0 saturated carbocycles. The molecule has 0 spiro atoms. The second kappa shape index (κ2) is 5.93. The van der Waals surface area contributed by atoms with E-state index in [1.807, 2.05) is 30.5 Å². The molecule has 6 heteroatoms. The second-order valence-corrected chi connectivity index (χ2v) is 4.74. The number of halogens is 1. The van der Waals surface area contributed by atoms with Crippen LogP contribution >= 0.6 is 23.4 Å². The van der Waals surface area contributed by atoms with Gasteiger partial charge in [-0.3, -0.25) is 0 Å². The van der Waals surface area contributed by atoms with Crippen LogP contribution in [-0.2, 0) is 6.61 Å².